The molecule has 0 spiro atoms. The SMILES string of the molecule is CC(C)(c1ccc(OS(=O)(=O)c2cc(Cl)c(Cl)cc2Cl)cc1S(=O)(=O)O)c1ccc(OS(=O)(=O)c2cc(Cl)c(Cl)cc2Cl)cc1S(=O)(=O)O. The van der Waals surface area contributed by atoms with E-state index in [9.17, 15) is 42.8 Å². The van der Waals surface area contributed by atoms with Crippen LogP contribution in [-0.2, 0) is 45.9 Å². The summed E-state index contributed by atoms with van der Waals surface area (Å²) in [5, 5.41) is -1.25. The fourth-order valence-electron chi connectivity index (χ4n) is 4.45. The molecule has 0 aliphatic carbocycles. The molecule has 4 aromatic carbocycles. The molecule has 0 saturated heterocycles. The van der Waals surface area contributed by atoms with Crippen LogP contribution >= 0.6 is 69.6 Å². The lowest BCUT2D eigenvalue weighted by atomic mass is 9.78. The van der Waals surface area contributed by atoms with Crippen LogP contribution in [0.2, 0.25) is 30.1 Å². The summed E-state index contributed by atoms with van der Waals surface area (Å²) in [5.41, 5.74) is -2.40. The lowest BCUT2D eigenvalue weighted by Crippen LogP contribution is -2.25. The van der Waals surface area contributed by atoms with Gasteiger partial charge in [0.1, 0.15) is 31.1 Å². The average Bonchev–Trinajstić information content (AvgIpc) is 2.95. The Morgan fingerprint density at radius 2 is 0.776 bits per heavy atom. The third-order valence-electron chi connectivity index (χ3n) is 6.71. The molecule has 2 N–H and O–H groups in total. The largest absolute Gasteiger partial charge is 0.379 e. The van der Waals surface area contributed by atoms with Gasteiger partial charge in [-0.2, -0.15) is 33.7 Å². The molecule has 0 heterocycles. The smallest absolute Gasteiger partial charge is 0.340 e. The van der Waals surface area contributed by atoms with Gasteiger partial charge in [-0.15, -0.1) is 0 Å². The molecule has 22 heteroatoms. The van der Waals surface area contributed by atoms with Crippen LogP contribution < -0.4 is 8.37 Å². The van der Waals surface area contributed by atoms with Gasteiger partial charge in [0.15, 0.2) is 0 Å². The monoisotopic (exact) mass is 872 g/mol. The molecule has 0 unspecified atom stereocenters. The Hall–Kier alpha value is -2.06. The zero-order valence-electron chi connectivity index (χ0n) is 24.2. The highest BCUT2D eigenvalue weighted by atomic mass is 35.5. The van der Waals surface area contributed by atoms with Gasteiger partial charge in [0, 0.05) is 17.5 Å². The molecule has 0 atom stereocenters. The number of hydrogen-bond donors (Lipinski definition) is 2. The van der Waals surface area contributed by atoms with Gasteiger partial charge in [-0.25, -0.2) is 0 Å². The summed E-state index contributed by atoms with van der Waals surface area (Å²) in [7, 11) is -19.9. The van der Waals surface area contributed by atoms with Crippen molar-refractivity contribution < 1.29 is 51.1 Å². The minimum absolute atomic E-state index is 0.0628. The Balaban J connectivity index is 1.82. The first-order valence-corrected chi connectivity index (χ1v) is 20.6. The van der Waals surface area contributed by atoms with Gasteiger partial charge in [-0.1, -0.05) is 95.6 Å². The van der Waals surface area contributed by atoms with Crippen molar-refractivity contribution >= 4 is 110 Å². The summed E-state index contributed by atoms with van der Waals surface area (Å²) in [5.74, 6) is -1.25. The average molecular weight is 875 g/mol. The summed E-state index contributed by atoms with van der Waals surface area (Å²) < 4.78 is 133. The van der Waals surface area contributed by atoms with Crippen molar-refractivity contribution in [1.29, 1.82) is 0 Å². The van der Waals surface area contributed by atoms with Crippen molar-refractivity contribution in [1.82, 2.24) is 0 Å². The van der Waals surface area contributed by atoms with E-state index in [4.69, 9.17) is 78.0 Å². The highest BCUT2D eigenvalue weighted by Crippen LogP contribution is 2.42. The minimum atomic E-state index is -5.20. The van der Waals surface area contributed by atoms with Crippen LogP contribution in [0.3, 0.4) is 0 Å². The van der Waals surface area contributed by atoms with Crippen LogP contribution in [0.5, 0.6) is 11.5 Å². The van der Waals surface area contributed by atoms with E-state index in [0.717, 1.165) is 48.5 Å². The van der Waals surface area contributed by atoms with E-state index in [1.807, 2.05) is 0 Å². The fourth-order valence-corrected chi connectivity index (χ4v) is 9.98. The molecule has 0 amide bonds. The summed E-state index contributed by atoms with van der Waals surface area (Å²) in [6.07, 6.45) is 0. The third-order valence-corrected chi connectivity index (χ3v) is 13.4. The molecule has 49 heavy (non-hydrogen) atoms. The normalized spacial score (nSPS) is 12.9. The molecular weight excluding hydrogens is 857 g/mol. The van der Waals surface area contributed by atoms with Crippen LogP contribution in [0.1, 0.15) is 25.0 Å². The molecule has 0 saturated carbocycles. The molecule has 0 fully saturated rings. The van der Waals surface area contributed by atoms with Gasteiger partial charge in [-0.3, -0.25) is 9.11 Å². The first-order valence-electron chi connectivity index (χ1n) is 12.7. The highest BCUT2D eigenvalue weighted by Gasteiger charge is 2.36. The van der Waals surface area contributed by atoms with Gasteiger partial charge >= 0.3 is 20.2 Å². The molecule has 0 radical (unpaired) electrons. The molecule has 0 aromatic heterocycles. The molecular formula is C27H18Cl6O12S4. The van der Waals surface area contributed by atoms with E-state index in [2.05, 4.69) is 0 Å². The van der Waals surface area contributed by atoms with Crippen LogP contribution in [0, 0.1) is 0 Å². The summed E-state index contributed by atoms with van der Waals surface area (Å²) >= 11 is 35.5. The second-order valence-corrected chi connectivity index (χ2v) is 18.6. The molecule has 264 valence electrons. The van der Waals surface area contributed by atoms with Crippen LogP contribution in [0.4, 0.5) is 0 Å². The first kappa shape index (κ1) is 39.7. The van der Waals surface area contributed by atoms with E-state index in [-0.39, 0.29) is 41.3 Å². The van der Waals surface area contributed by atoms with E-state index < -0.39 is 77.0 Å². The molecule has 4 rings (SSSR count). The van der Waals surface area contributed by atoms with Gasteiger partial charge in [0.2, 0.25) is 0 Å². The van der Waals surface area contributed by atoms with Crippen molar-refractivity contribution in [3.05, 3.63) is 102 Å². The quantitative estimate of drug-likeness (QED) is 0.0888. The molecule has 0 aliphatic rings. The predicted molar refractivity (Wildman–Crippen MR) is 183 cm³/mol. The Morgan fingerprint density at radius 1 is 0.469 bits per heavy atom. The van der Waals surface area contributed by atoms with E-state index in [1.54, 1.807) is 0 Å². The predicted octanol–water partition coefficient (Wildman–Crippen LogP) is 7.96. The highest BCUT2D eigenvalue weighted by molar-refractivity contribution is 7.87. The lowest BCUT2D eigenvalue weighted by Gasteiger charge is -2.29. The van der Waals surface area contributed by atoms with Crippen molar-refractivity contribution in [3.8, 4) is 11.5 Å². The number of halogens is 6. The number of benzene rings is 4. The van der Waals surface area contributed by atoms with Crippen molar-refractivity contribution in [2.45, 2.75) is 38.8 Å². The maximum absolute atomic E-state index is 13.0. The van der Waals surface area contributed by atoms with Crippen molar-refractivity contribution in [2.24, 2.45) is 0 Å². The van der Waals surface area contributed by atoms with Crippen molar-refractivity contribution in [2.75, 3.05) is 0 Å². The molecule has 0 aliphatic heterocycles. The van der Waals surface area contributed by atoms with Crippen LogP contribution in [0.15, 0.2) is 80.2 Å². The zero-order valence-corrected chi connectivity index (χ0v) is 32.0. The topological polar surface area (TPSA) is 195 Å². The summed E-state index contributed by atoms with van der Waals surface area (Å²) in [6.45, 7) is 2.58. The van der Waals surface area contributed by atoms with E-state index in [1.165, 1.54) is 13.8 Å². The second kappa shape index (κ2) is 13.8. The summed E-state index contributed by atoms with van der Waals surface area (Å²) in [4.78, 5) is -3.09. The Kier molecular flexibility index (Phi) is 11.2. The minimum Gasteiger partial charge on any atom is -0.379 e. The Labute approximate surface area is 311 Å². The third kappa shape index (κ3) is 8.54. The molecule has 12 nitrogen and oxygen atoms in total. The maximum atomic E-state index is 13.0. The van der Waals surface area contributed by atoms with Crippen molar-refractivity contribution in [3.63, 3.8) is 0 Å². The van der Waals surface area contributed by atoms with E-state index in [0.29, 0.717) is 12.1 Å². The Bertz CT molecular complexity index is 2300. The van der Waals surface area contributed by atoms with Gasteiger partial charge in [0.05, 0.1) is 30.1 Å². The van der Waals surface area contributed by atoms with Gasteiger partial charge in [0.25, 0.3) is 20.2 Å². The van der Waals surface area contributed by atoms with Gasteiger partial charge in [-0.05, 0) is 47.5 Å². The lowest BCUT2D eigenvalue weighted by molar-refractivity contribution is 0.466. The molecule has 4 aromatic rings. The fraction of sp³-hybridized carbons (Fsp3) is 0.111. The van der Waals surface area contributed by atoms with Gasteiger partial charge < -0.3 is 8.37 Å². The Morgan fingerprint density at radius 3 is 1.08 bits per heavy atom. The van der Waals surface area contributed by atoms with Crippen LogP contribution in [0.25, 0.3) is 0 Å². The number of rotatable bonds is 10. The standard InChI is InChI=1S/C27H18Cl6O12S4/c1-27(2,15-5-3-13(7-23(15)46(34,35)36)44-48(40,41)25-11-19(30)17(28)9-21(25)32)16-6-4-14(8-24(16)47(37,38)39)45-49(42,43)26-12-20(31)18(29)10-22(26)33/h3-12H,1-2H3,(H,34,35,36)(H,37,38,39). The molecule has 0 bridgehead atoms. The zero-order chi connectivity index (χ0) is 37.1. The van der Waals surface area contributed by atoms with Crippen LogP contribution in [-0.4, -0.2) is 42.8 Å². The summed E-state index contributed by atoms with van der Waals surface area (Å²) in [6, 6.07) is 9.18. The number of hydrogen-bond acceptors (Lipinski definition) is 10. The first-order chi connectivity index (χ1) is 22.3. The second-order valence-electron chi connectivity index (χ2n) is 10.4. The van der Waals surface area contributed by atoms with E-state index >= 15 is 0 Å². The maximum Gasteiger partial charge on any atom is 0.340 e.